The number of hydrogen-bond acceptors (Lipinski definition) is 4. The van der Waals surface area contributed by atoms with E-state index in [4.69, 9.17) is 0 Å². The minimum atomic E-state index is -1.07. The highest BCUT2D eigenvalue weighted by Crippen LogP contribution is 2.30. The minimum Gasteiger partial charge on any atom is -0.349 e. The number of halogens is 1. The zero-order chi connectivity index (χ0) is 26.3. The highest BCUT2D eigenvalue weighted by molar-refractivity contribution is 6.03. The first-order valence-corrected chi connectivity index (χ1v) is 11.7. The lowest BCUT2D eigenvalue weighted by Crippen LogP contribution is -2.49. The van der Waals surface area contributed by atoms with Gasteiger partial charge in [0.05, 0.1) is 0 Å². The number of pyridine rings is 1. The SMILES string of the molecule is Cc1ccc(N(C(=O)CCC(=O)Nc2ccccn2)[C@@H](C(=O)NC(C)(C)C)c2ccc(F)cc2)cc1. The molecule has 1 atom stereocenters. The summed E-state index contributed by atoms with van der Waals surface area (Å²) in [6.07, 6.45) is 1.31. The van der Waals surface area contributed by atoms with Gasteiger partial charge in [0.2, 0.25) is 17.7 Å². The first kappa shape index (κ1) is 26.5. The number of aromatic nitrogens is 1. The number of carbonyl (C=O) groups excluding carboxylic acids is 3. The Morgan fingerprint density at radius 3 is 2.19 bits per heavy atom. The number of hydrogen-bond donors (Lipinski definition) is 2. The van der Waals surface area contributed by atoms with E-state index < -0.39 is 29.2 Å². The summed E-state index contributed by atoms with van der Waals surface area (Å²) < 4.78 is 13.7. The summed E-state index contributed by atoms with van der Waals surface area (Å²) in [4.78, 5) is 45.0. The lowest BCUT2D eigenvalue weighted by atomic mass is 10.00. The lowest BCUT2D eigenvalue weighted by Gasteiger charge is -2.34. The van der Waals surface area contributed by atoms with Crippen molar-refractivity contribution in [2.45, 2.75) is 52.1 Å². The van der Waals surface area contributed by atoms with Gasteiger partial charge in [0.15, 0.2) is 0 Å². The molecule has 3 aromatic rings. The van der Waals surface area contributed by atoms with Gasteiger partial charge in [-0.2, -0.15) is 0 Å². The Morgan fingerprint density at radius 2 is 1.61 bits per heavy atom. The van der Waals surface area contributed by atoms with Crippen LogP contribution < -0.4 is 15.5 Å². The van der Waals surface area contributed by atoms with Crippen molar-refractivity contribution in [3.63, 3.8) is 0 Å². The van der Waals surface area contributed by atoms with Gasteiger partial charge in [0.1, 0.15) is 17.7 Å². The number of nitrogens with one attached hydrogen (secondary N) is 2. The third-order valence-electron chi connectivity index (χ3n) is 5.27. The molecular formula is C28H31FN4O3. The Balaban J connectivity index is 1.94. The smallest absolute Gasteiger partial charge is 0.248 e. The van der Waals surface area contributed by atoms with Crippen molar-refractivity contribution >= 4 is 29.2 Å². The molecule has 2 aromatic carbocycles. The van der Waals surface area contributed by atoms with Gasteiger partial charge in [0.25, 0.3) is 0 Å². The van der Waals surface area contributed by atoms with Crippen molar-refractivity contribution in [2.24, 2.45) is 0 Å². The Bertz CT molecular complexity index is 1190. The zero-order valence-corrected chi connectivity index (χ0v) is 20.9. The van der Waals surface area contributed by atoms with E-state index in [9.17, 15) is 18.8 Å². The van der Waals surface area contributed by atoms with Crippen LogP contribution in [0.1, 0.15) is 50.8 Å². The van der Waals surface area contributed by atoms with Crippen LogP contribution in [0.2, 0.25) is 0 Å². The maximum atomic E-state index is 13.7. The molecule has 2 N–H and O–H groups in total. The third kappa shape index (κ3) is 7.46. The van der Waals surface area contributed by atoms with Crippen LogP contribution in [-0.4, -0.2) is 28.2 Å². The topological polar surface area (TPSA) is 91.4 Å². The molecule has 1 aromatic heterocycles. The second kappa shape index (κ2) is 11.6. The van der Waals surface area contributed by atoms with E-state index in [1.165, 1.54) is 29.2 Å². The van der Waals surface area contributed by atoms with Crippen molar-refractivity contribution in [2.75, 3.05) is 10.2 Å². The van der Waals surface area contributed by atoms with Crippen LogP contribution in [-0.2, 0) is 14.4 Å². The lowest BCUT2D eigenvalue weighted by molar-refractivity contribution is -0.128. The van der Waals surface area contributed by atoms with Crippen LogP contribution in [0.15, 0.2) is 72.9 Å². The number of carbonyl (C=O) groups is 3. The molecule has 0 aliphatic heterocycles. The normalized spacial score (nSPS) is 11.9. The highest BCUT2D eigenvalue weighted by atomic mass is 19.1. The molecule has 0 radical (unpaired) electrons. The van der Waals surface area contributed by atoms with E-state index in [-0.39, 0.29) is 18.7 Å². The maximum Gasteiger partial charge on any atom is 0.248 e. The molecule has 1 heterocycles. The Morgan fingerprint density at radius 1 is 0.944 bits per heavy atom. The van der Waals surface area contributed by atoms with Crippen molar-refractivity contribution in [1.29, 1.82) is 0 Å². The average Bonchev–Trinajstić information content (AvgIpc) is 2.82. The van der Waals surface area contributed by atoms with Crippen molar-refractivity contribution in [3.8, 4) is 0 Å². The van der Waals surface area contributed by atoms with Crippen molar-refractivity contribution < 1.29 is 18.8 Å². The fourth-order valence-electron chi connectivity index (χ4n) is 3.63. The molecule has 0 aliphatic carbocycles. The summed E-state index contributed by atoms with van der Waals surface area (Å²) >= 11 is 0. The molecular weight excluding hydrogens is 459 g/mol. The van der Waals surface area contributed by atoms with Crippen molar-refractivity contribution in [1.82, 2.24) is 10.3 Å². The summed E-state index contributed by atoms with van der Waals surface area (Å²) in [5.74, 6) is -1.27. The van der Waals surface area contributed by atoms with Crippen LogP contribution in [0, 0.1) is 12.7 Å². The monoisotopic (exact) mass is 490 g/mol. The summed E-state index contributed by atoms with van der Waals surface area (Å²) in [6.45, 7) is 7.44. The fourth-order valence-corrected chi connectivity index (χ4v) is 3.63. The van der Waals surface area contributed by atoms with Gasteiger partial charge in [-0.25, -0.2) is 9.37 Å². The summed E-state index contributed by atoms with van der Waals surface area (Å²) in [6, 6.07) is 16.7. The molecule has 0 spiro atoms. The standard InChI is InChI=1S/C28H31FN4O3/c1-19-8-14-22(15-9-19)33(25(35)17-16-24(34)31-23-7-5-6-18-30-23)26(27(36)32-28(2,3)4)20-10-12-21(29)13-11-20/h5-15,18,26H,16-17H2,1-4H3,(H,32,36)(H,30,31,34)/t26-/m1/s1. The largest absolute Gasteiger partial charge is 0.349 e. The molecule has 7 nitrogen and oxygen atoms in total. The van der Waals surface area contributed by atoms with Gasteiger partial charge in [-0.3, -0.25) is 19.3 Å². The Hall–Kier alpha value is -4.07. The molecule has 0 fully saturated rings. The number of nitrogens with zero attached hydrogens (tertiary/aromatic N) is 2. The van der Waals surface area contributed by atoms with Gasteiger partial charge in [-0.15, -0.1) is 0 Å². The van der Waals surface area contributed by atoms with E-state index in [1.54, 1.807) is 36.5 Å². The van der Waals surface area contributed by atoms with Gasteiger partial charge in [0, 0.05) is 30.3 Å². The van der Waals surface area contributed by atoms with Crippen LogP contribution in [0.3, 0.4) is 0 Å². The van der Waals surface area contributed by atoms with E-state index in [0.717, 1.165) is 5.56 Å². The van der Waals surface area contributed by atoms with Crippen LogP contribution in [0.25, 0.3) is 0 Å². The average molecular weight is 491 g/mol. The van der Waals surface area contributed by atoms with E-state index in [2.05, 4.69) is 15.6 Å². The number of aryl methyl sites for hydroxylation is 1. The molecule has 8 heteroatoms. The van der Waals surface area contributed by atoms with Gasteiger partial charge in [-0.05, 0) is 69.7 Å². The molecule has 188 valence electrons. The first-order valence-electron chi connectivity index (χ1n) is 11.7. The third-order valence-corrected chi connectivity index (χ3v) is 5.27. The van der Waals surface area contributed by atoms with E-state index in [1.807, 2.05) is 39.8 Å². The molecule has 0 unspecified atom stereocenters. The first-order chi connectivity index (χ1) is 17.0. The van der Waals surface area contributed by atoms with E-state index in [0.29, 0.717) is 17.1 Å². The molecule has 0 bridgehead atoms. The predicted molar refractivity (Wildman–Crippen MR) is 138 cm³/mol. The van der Waals surface area contributed by atoms with Crippen LogP contribution in [0.4, 0.5) is 15.9 Å². The van der Waals surface area contributed by atoms with Crippen molar-refractivity contribution in [3.05, 3.63) is 89.9 Å². The second-order valence-electron chi connectivity index (χ2n) is 9.56. The minimum absolute atomic E-state index is 0.102. The van der Waals surface area contributed by atoms with E-state index >= 15 is 0 Å². The Kier molecular flexibility index (Phi) is 8.53. The highest BCUT2D eigenvalue weighted by Gasteiger charge is 2.34. The maximum absolute atomic E-state index is 13.7. The molecule has 3 amide bonds. The number of benzene rings is 2. The van der Waals surface area contributed by atoms with Gasteiger partial charge < -0.3 is 10.6 Å². The molecule has 0 saturated carbocycles. The fraction of sp³-hybridized carbons (Fsp3) is 0.286. The second-order valence-corrected chi connectivity index (χ2v) is 9.56. The van der Waals surface area contributed by atoms with Gasteiger partial charge >= 0.3 is 0 Å². The van der Waals surface area contributed by atoms with Crippen LogP contribution >= 0.6 is 0 Å². The Labute approximate surface area is 210 Å². The molecule has 3 rings (SSSR count). The molecule has 0 saturated heterocycles. The predicted octanol–water partition coefficient (Wildman–Crippen LogP) is 4.94. The van der Waals surface area contributed by atoms with Gasteiger partial charge in [-0.1, -0.05) is 35.9 Å². The zero-order valence-electron chi connectivity index (χ0n) is 20.9. The summed E-state index contributed by atoms with van der Waals surface area (Å²) in [7, 11) is 0. The number of rotatable bonds is 8. The summed E-state index contributed by atoms with van der Waals surface area (Å²) in [5, 5.41) is 5.59. The quantitative estimate of drug-likeness (QED) is 0.468. The number of amides is 3. The number of anilines is 2. The molecule has 0 aliphatic rings. The van der Waals surface area contributed by atoms with Crippen LogP contribution in [0.5, 0.6) is 0 Å². The molecule has 36 heavy (non-hydrogen) atoms. The summed E-state index contributed by atoms with van der Waals surface area (Å²) in [5.41, 5.74) is 1.36.